The molecule has 0 fully saturated rings. The predicted molar refractivity (Wildman–Crippen MR) is 117 cm³/mol. The van der Waals surface area contributed by atoms with Gasteiger partial charge in [-0.1, -0.05) is 24.9 Å². The van der Waals surface area contributed by atoms with Crippen LogP contribution in [0.4, 0.5) is 5.82 Å². The highest BCUT2D eigenvalue weighted by Crippen LogP contribution is 2.37. The number of anilines is 1. The van der Waals surface area contributed by atoms with Crippen molar-refractivity contribution in [2.24, 2.45) is 0 Å². The van der Waals surface area contributed by atoms with Gasteiger partial charge in [0.2, 0.25) is 5.88 Å². The summed E-state index contributed by atoms with van der Waals surface area (Å²) in [6, 6.07) is 11.0. The molecule has 3 heterocycles. The Morgan fingerprint density at radius 3 is 2.40 bits per heavy atom. The minimum absolute atomic E-state index is 0.439. The molecule has 1 aromatic carbocycles. The molecule has 10 heteroatoms. The number of nitrogens with zero attached hydrogens (tertiary/aromatic N) is 5. The van der Waals surface area contributed by atoms with E-state index in [9.17, 15) is 0 Å². The number of methoxy groups -OCH3 is 2. The van der Waals surface area contributed by atoms with Crippen molar-refractivity contribution in [3.63, 3.8) is 0 Å². The molecule has 0 radical (unpaired) electrons. The summed E-state index contributed by atoms with van der Waals surface area (Å²) in [5, 5.41) is 0. The van der Waals surface area contributed by atoms with Crippen LogP contribution < -0.4 is 18.9 Å². The lowest BCUT2D eigenvalue weighted by molar-refractivity contribution is 0.327. The van der Waals surface area contributed by atoms with Crippen LogP contribution >= 0.6 is 12.8 Å². The second-order valence-corrected chi connectivity index (χ2v) is 6.31. The standard InChI is InChI=1S/C20H20N6O3S/c1-4-29-16-10-5-7-12(22-16)19-24-18-20(23-15(25-30)11-21-18)26(19)17-13(27-2)8-6-9-14(17)28-3/h5-11,30H,4H2,1-3H3,(H,23,25). The normalized spacial score (nSPS) is 10.8. The number of hydrogen-bond acceptors (Lipinski definition) is 9. The summed E-state index contributed by atoms with van der Waals surface area (Å²) in [7, 11) is 3.19. The van der Waals surface area contributed by atoms with Gasteiger partial charge in [-0.3, -0.25) is 4.57 Å². The summed E-state index contributed by atoms with van der Waals surface area (Å²) >= 11 is 4.09. The van der Waals surface area contributed by atoms with Gasteiger partial charge in [0, 0.05) is 6.07 Å². The molecule has 4 aromatic rings. The van der Waals surface area contributed by atoms with Gasteiger partial charge < -0.3 is 18.9 Å². The molecule has 0 amide bonds. The van der Waals surface area contributed by atoms with Gasteiger partial charge in [0.15, 0.2) is 22.9 Å². The van der Waals surface area contributed by atoms with Crippen LogP contribution in [0.15, 0.2) is 42.6 Å². The SMILES string of the molecule is CCOc1cccc(-c2nc3ncc(NS)nc3n2-c2c(OC)cccc2OC)n1. The highest BCUT2D eigenvalue weighted by Gasteiger charge is 2.23. The third-order valence-electron chi connectivity index (χ3n) is 4.36. The molecule has 0 bridgehead atoms. The Labute approximate surface area is 178 Å². The molecule has 0 aliphatic heterocycles. The average molecular weight is 424 g/mol. The lowest BCUT2D eigenvalue weighted by atomic mass is 10.2. The van der Waals surface area contributed by atoms with Crippen LogP contribution in [0, 0.1) is 0 Å². The fourth-order valence-corrected chi connectivity index (χ4v) is 3.22. The van der Waals surface area contributed by atoms with Gasteiger partial charge >= 0.3 is 0 Å². The van der Waals surface area contributed by atoms with E-state index in [2.05, 4.69) is 32.5 Å². The van der Waals surface area contributed by atoms with Gasteiger partial charge in [-0.25, -0.2) is 19.9 Å². The lowest BCUT2D eigenvalue weighted by Crippen LogP contribution is -2.05. The van der Waals surface area contributed by atoms with E-state index in [0.717, 1.165) is 0 Å². The first-order valence-electron chi connectivity index (χ1n) is 9.17. The summed E-state index contributed by atoms with van der Waals surface area (Å²) < 4.78 is 21.3. The van der Waals surface area contributed by atoms with E-state index < -0.39 is 0 Å². The largest absolute Gasteiger partial charge is 0.494 e. The third kappa shape index (κ3) is 3.45. The van der Waals surface area contributed by atoms with Crippen molar-refractivity contribution in [2.75, 3.05) is 25.5 Å². The van der Waals surface area contributed by atoms with Crippen molar-refractivity contribution in [1.29, 1.82) is 0 Å². The highest BCUT2D eigenvalue weighted by molar-refractivity contribution is 7.81. The average Bonchev–Trinajstić information content (AvgIpc) is 3.17. The molecule has 0 aliphatic carbocycles. The number of benzene rings is 1. The first-order valence-corrected chi connectivity index (χ1v) is 9.62. The molecular weight excluding hydrogens is 404 g/mol. The van der Waals surface area contributed by atoms with Crippen molar-refractivity contribution in [3.05, 3.63) is 42.6 Å². The fraction of sp³-hybridized carbons (Fsp3) is 0.200. The van der Waals surface area contributed by atoms with Gasteiger partial charge in [0.25, 0.3) is 0 Å². The smallest absolute Gasteiger partial charge is 0.213 e. The maximum atomic E-state index is 5.62. The van der Waals surface area contributed by atoms with Crippen molar-refractivity contribution in [3.8, 4) is 34.6 Å². The Balaban J connectivity index is 2.07. The van der Waals surface area contributed by atoms with Crippen LogP contribution in [0.5, 0.6) is 17.4 Å². The Bertz CT molecular complexity index is 1170. The monoisotopic (exact) mass is 424 g/mol. The number of para-hydroxylation sites is 1. The van der Waals surface area contributed by atoms with E-state index in [0.29, 0.717) is 58.3 Å². The molecule has 0 unspecified atom stereocenters. The number of rotatable bonds is 7. The number of thiol groups is 1. The van der Waals surface area contributed by atoms with Gasteiger partial charge in [-0.05, 0) is 25.1 Å². The van der Waals surface area contributed by atoms with Gasteiger partial charge in [-0.2, -0.15) is 0 Å². The van der Waals surface area contributed by atoms with Crippen LogP contribution in [0.3, 0.4) is 0 Å². The summed E-state index contributed by atoms with van der Waals surface area (Å²) in [6.07, 6.45) is 1.56. The second kappa shape index (κ2) is 8.46. The Kier molecular flexibility index (Phi) is 5.57. The van der Waals surface area contributed by atoms with E-state index in [4.69, 9.17) is 19.2 Å². The first-order chi connectivity index (χ1) is 14.7. The topological polar surface area (TPSA) is 96.2 Å². The number of ether oxygens (including phenoxy) is 3. The number of hydrogen-bond donors (Lipinski definition) is 2. The van der Waals surface area contributed by atoms with Crippen LogP contribution in [-0.4, -0.2) is 45.3 Å². The molecule has 0 spiro atoms. The zero-order valence-electron chi connectivity index (χ0n) is 16.7. The first kappa shape index (κ1) is 19.8. The molecule has 154 valence electrons. The quantitative estimate of drug-likeness (QED) is 0.435. The van der Waals surface area contributed by atoms with E-state index in [1.807, 2.05) is 41.8 Å². The summed E-state index contributed by atoms with van der Waals surface area (Å²) in [5.74, 6) is 2.66. The van der Waals surface area contributed by atoms with Crippen molar-refractivity contribution in [2.45, 2.75) is 6.92 Å². The second-order valence-electron chi connectivity index (χ2n) is 6.09. The maximum absolute atomic E-state index is 5.62. The zero-order valence-corrected chi connectivity index (χ0v) is 17.6. The van der Waals surface area contributed by atoms with Crippen LogP contribution in [-0.2, 0) is 0 Å². The minimum Gasteiger partial charge on any atom is -0.494 e. The maximum Gasteiger partial charge on any atom is 0.213 e. The lowest BCUT2D eigenvalue weighted by Gasteiger charge is -2.16. The molecule has 30 heavy (non-hydrogen) atoms. The number of pyridine rings is 1. The number of imidazole rings is 1. The summed E-state index contributed by atoms with van der Waals surface area (Å²) in [4.78, 5) is 18.3. The zero-order chi connectivity index (χ0) is 21.1. The van der Waals surface area contributed by atoms with Crippen LogP contribution in [0.1, 0.15) is 6.92 Å². The van der Waals surface area contributed by atoms with Crippen molar-refractivity contribution < 1.29 is 14.2 Å². The van der Waals surface area contributed by atoms with Crippen LogP contribution in [0.2, 0.25) is 0 Å². The minimum atomic E-state index is 0.439. The van der Waals surface area contributed by atoms with E-state index in [1.54, 1.807) is 26.5 Å². The molecule has 1 N–H and O–H groups in total. The predicted octanol–water partition coefficient (Wildman–Crippen LogP) is 3.55. The molecule has 9 nitrogen and oxygen atoms in total. The van der Waals surface area contributed by atoms with Crippen molar-refractivity contribution >= 4 is 29.9 Å². The molecule has 0 saturated carbocycles. The summed E-state index contributed by atoms with van der Waals surface area (Å²) in [5.41, 5.74) is 2.16. The number of nitrogens with one attached hydrogen (secondary N) is 1. The van der Waals surface area contributed by atoms with E-state index in [1.165, 1.54) is 0 Å². The third-order valence-corrected chi connectivity index (χ3v) is 4.58. The van der Waals surface area contributed by atoms with E-state index >= 15 is 0 Å². The number of aromatic nitrogens is 5. The summed E-state index contributed by atoms with van der Waals surface area (Å²) in [6.45, 7) is 2.41. The highest BCUT2D eigenvalue weighted by atomic mass is 32.1. The van der Waals surface area contributed by atoms with Crippen LogP contribution in [0.25, 0.3) is 28.5 Å². The van der Waals surface area contributed by atoms with E-state index in [-0.39, 0.29) is 0 Å². The van der Waals surface area contributed by atoms with Crippen molar-refractivity contribution in [1.82, 2.24) is 24.5 Å². The Hall–Kier alpha value is -3.53. The fourth-order valence-electron chi connectivity index (χ4n) is 3.11. The Morgan fingerprint density at radius 1 is 1.00 bits per heavy atom. The molecule has 4 rings (SSSR count). The van der Waals surface area contributed by atoms with Gasteiger partial charge in [-0.15, -0.1) is 0 Å². The molecule has 0 saturated heterocycles. The van der Waals surface area contributed by atoms with Gasteiger partial charge in [0.05, 0.1) is 27.0 Å². The Morgan fingerprint density at radius 2 is 1.73 bits per heavy atom. The molecule has 0 aliphatic rings. The molecular formula is C20H20N6O3S. The number of fused-ring (bicyclic) bond motifs is 1. The molecule has 3 aromatic heterocycles. The molecule has 0 atom stereocenters. The van der Waals surface area contributed by atoms with Gasteiger partial charge in [0.1, 0.15) is 22.9 Å².